The Morgan fingerprint density at radius 1 is 0.676 bits per heavy atom. The molecular weight excluding hydrogens is 454 g/mol. The van der Waals surface area contributed by atoms with Crippen molar-refractivity contribution in [2.75, 3.05) is 0 Å². The molecule has 0 saturated carbocycles. The highest BCUT2D eigenvalue weighted by atomic mass is 19.4. The maximum atomic E-state index is 14.9. The first-order valence-corrected chi connectivity index (χ1v) is 10.4. The van der Waals surface area contributed by atoms with Gasteiger partial charge in [-0.15, -0.1) is 0 Å². The van der Waals surface area contributed by atoms with Crippen LogP contribution in [0.5, 0.6) is 0 Å². The lowest BCUT2D eigenvalue weighted by Gasteiger charge is -2.10. The van der Waals surface area contributed by atoms with Gasteiger partial charge in [-0.25, -0.2) is 23.1 Å². The van der Waals surface area contributed by atoms with Gasteiger partial charge in [0.25, 0.3) is 0 Å². The molecule has 1 heterocycles. The highest BCUT2D eigenvalue weighted by molar-refractivity contribution is 5.71. The number of aromatic nitrogens is 2. The number of benzene rings is 3. The number of alkyl halides is 3. The molecule has 8 heteroatoms. The second-order valence-electron chi connectivity index (χ2n) is 7.75. The fourth-order valence-electron chi connectivity index (χ4n) is 3.65. The molecule has 3 aromatic carbocycles. The molecular formula is C26H18F6N2. The number of hydrogen-bond acceptors (Lipinski definition) is 2. The van der Waals surface area contributed by atoms with Crippen molar-refractivity contribution in [1.82, 2.24) is 9.97 Å². The van der Waals surface area contributed by atoms with Crippen LogP contribution >= 0.6 is 0 Å². The standard InChI is InChI=1S/C26H18F6N2/c1-2-3-15-4-7-19(22(27)10-15)16-5-8-20(23(28)11-16)18-13-33-25(34-14-18)17-6-9-21(24(29)12-17)26(30,31)32/h4-14H,2-3H2,1H3. The van der Waals surface area contributed by atoms with Crippen molar-refractivity contribution in [3.8, 4) is 33.6 Å². The predicted octanol–water partition coefficient (Wildman–Crippen LogP) is 7.87. The summed E-state index contributed by atoms with van der Waals surface area (Å²) in [5, 5.41) is 0. The Balaban J connectivity index is 1.60. The summed E-state index contributed by atoms with van der Waals surface area (Å²) in [7, 11) is 0. The average Bonchev–Trinajstić information content (AvgIpc) is 2.79. The van der Waals surface area contributed by atoms with Crippen molar-refractivity contribution in [2.24, 2.45) is 0 Å². The summed E-state index contributed by atoms with van der Waals surface area (Å²) in [5.41, 5.74) is 0.656. The molecule has 0 bridgehead atoms. The number of hydrogen-bond donors (Lipinski definition) is 0. The SMILES string of the molecule is CCCc1ccc(-c2ccc(-c3cnc(-c4ccc(C(F)(F)F)c(F)c4)nc3)c(F)c2)c(F)c1. The maximum absolute atomic E-state index is 14.9. The molecule has 0 spiro atoms. The van der Waals surface area contributed by atoms with Gasteiger partial charge < -0.3 is 0 Å². The van der Waals surface area contributed by atoms with Crippen LogP contribution in [-0.2, 0) is 12.6 Å². The summed E-state index contributed by atoms with van der Waals surface area (Å²) in [4.78, 5) is 8.07. The van der Waals surface area contributed by atoms with Crippen LogP contribution in [0.1, 0.15) is 24.5 Å². The van der Waals surface area contributed by atoms with Crippen molar-refractivity contribution < 1.29 is 26.3 Å². The molecule has 174 valence electrons. The van der Waals surface area contributed by atoms with Gasteiger partial charge in [0.2, 0.25) is 0 Å². The van der Waals surface area contributed by atoms with E-state index in [1.165, 1.54) is 30.6 Å². The summed E-state index contributed by atoms with van der Waals surface area (Å²) < 4.78 is 81.4. The Hall–Kier alpha value is -3.68. The second-order valence-corrected chi connectivity index (χ2v) is 7.75. The molecule has 0 amide bonds. The highest BCUT2D eigenvalue weighted by Crippen LogP contribution is 2.33. The van der Waals surface area contributed by atoms with Gasteiger partial charge in [0, 0.05) is 34.6 Å². The Bertz CT molecular complexity index is 1330. The number of rotatable bonds is 5. The number of nitrogens with zero attached hydrogens (tertiary/aromatic N) is 2. The smallest absolute Gasteiger partial charge is 0.236 e. The van der Waals surface area contributed by atoms with Crippen LogP contribution in [0.2, 0.25) is 0 Å². The summed E-state index contributed by atoms with van der Waals surface area (Å²) in [5.74, 6) is -2.50. The molecule has 2 nitrogen and oxygen atoms in total. The molecule has 0 fully saturated rings. The summed E-state index contributed by atoms with van der Waals surface area (Å²) in [6, 6.07) is 11.5. The zero-order valence-electron chi connectivity index (χ0n) is 17.9. The number of halogens is 6. The molecule has 0 atom stereocenters. The third-order valence-electron chi connectivity index (χ3n) is 5.35. The zero-order chi connectivity index (χ0) is 24.5. The quantitative estimate of drug-likeness (QED) is 0.276. The van der Waals surface area contributed by atoms with Gasteiger partial charge >= 0.3 is 6.18 Å². The third kappa shape index (κ3) is 4.81. The molecule has 0 N–H and O–H groups in total. The van der Waals surface area contributed by atoms with Crippen molar-refractivity contribution in [3.05, 3.63) is 95.6 Å². The maximum Gasteiger partial charge on any atom is 0.419 e. The minimum absolute atomic E-state index is 0.0114. The Morgan fingerprint density at radius 2 is 1.26 bits per heavy atom. The van der Waals surface area contributed by atoms with E-state index in [-0.39, 0.29) is 22.5 Å². The van der Waals surface area contributed by atoms with Crippen LogP contribution in [0.15, 0.2) is 67.0 Å². The molecule has 0 unspecified atom stereocenters. The Labute approximate surface area is 191 Å². The van der Waals surface area contributed by atoms with E-state index in [0.717, 1.165) is 24.5 Å². The predicted molar refractivity (Wildman–Crippen MR) is 117 cm³/mol. The molecule has 1 aromatic heterocycles. The Morgan fingerprint density at radius 3 is 1.85 bits per heavy atom. The van der Waals surface area contributed by atoms with Gasteiger partial charge in [0.15, 0.2) is 5.82 Å². The van der Waals surface area contributed by atoms with Gasteiger partial charge in [-0.2, -0.15) is 13.2 Å². The van der Waals surface area contributed by atoms with Crippen molar-refractivity contribution in [2.45, 2.75) is 25.9 Å². The monoisotopic (exact) mass is 472 g/mol. The lowest BCUT2D eigenvalue weighted by Crippen LogP contribution is -2.08. The highest BCUT2D eigenvalue weighted by Gasteiger charge is 2.34. The first-order valence-electron chi connectivity index (χ1n) is 10.4. The average molecular weight is 472 g/mol. The lowest BCUT2D eigenvalue weighted by molar-refractivity contribution is -0.139. The molecule has 0 radical (unpaired) electrons. The van der Waals surface area contributed by atoms with Crippen LogP contribution in [0, 0.1) is 17.5 Å². The van der Waals surface area contributed by atoms with E-state index < -0.39 is 29.2 Å². The van der Waals surface area contributed by atoms with Crippen LogP contribution in [-0.4, -0.2) is 9.97 Å². The molecule has 4 aromatic rings. The van der Waals surface area contributed by atoms with Crippen LogP contribution < -0.4 is 0 Å². The fourth-order valence-corrected chi connectivity index (χ4v) is 3.65. The largest absolute Gasteiger partial charge is 0.419 e. The van der Waals surface area contributed by atoms with Crippen molar-refractivity contribution in [3.63, 3.8) is 0 Å². The summed E-state index contributed by atoms with van der Waals surface area (Å²) in [6.07, 6.45) is -0.597. The third-order valence-corrected chi connectivity index (χ3v) is 5.35. The normalized spacial score (nSPS) is 11.6. The first kappa shape index (κ1) is 23.5. The van der Waals surface area contributed by atoms with Crippen molar-refractivity contribution >= 4 is 0 Å². The minimum atomic E-state index is -4.81. The van der Waals surface area contributed by atoms with Crippen LogP contribution in [0.3, 0.4) is 0 Å². The summed E-state index contributed by atoms with van der Waals surface area (Å²) in [6.45, 7) is 2.00. The van der Waals surface area contributed by atoms with E-state index in [2.05, 4.69) is 9.97 Å². The van der Waals surface area contributed by atoms with E-state index in [4.69, 9.17) is 0 Å². The van der Waals surface area contributed by atoms with E-state index in [1.54, 1.807) is 12.1 Å². The van der Waals surface area contributed by atoms with Gasteiger partial charge in [0.1, 0.15) is 17.5 Å². The number of aryl methyl sites for hydroxylation is 1. The van der Waals surface area contributed by atoms with Crippen molar-refractivity contribution in [1.29, 1.82) is 0 Å². The molecule has 4 rings (SSSR count). The first-order chi connectivity index (χ1) is 16.2. The zero-order valence-corrected chi connectivity index (χ0v) is 17.9. The van der Waals surface area contributed by atoms with E-state index in [0.29, 0.717) is 23.3 Å². The molecule has 0 saturated heterocycles. The fraction of sp³-hybridized carbons (Fsp3) is 0.154. The lowest BCUT2D eigenvalue weighted by atomic mass is 9.98. The molecule has 34 heavy (non-hydrogen) atoms. The Kier molecular flexibility index (Phi) is 6.41. The van der Waals surface area contributed by atoms with Gasteiger partial charge in [-0.05, 0) is 41.8 Å². The molecule has 0 aliphatic carbocycles. The van der Waals surface area contributed by atoms with Crippen LogP contribution in [0.25, 0.3) is 33.6 Å². The topological polar surface area (TPSA) is 25.8 Å². The summed E-state index contributed by atoms with van der Waals surface area (Å²) >= 11 is 0. The van der Waals surface area contributed by atoms with Gasteiger partial charge in [0.05, 0.1) is 5.56 Å². The van der Waals surface area contributed by atoms with Gasteiger partial charge in [-0.1, -0.05) is 43.7 Å². The minimum Gasteiger partial charge on any atom is -0.236 e. The van der Waals surface area contributed by atoms with E-state index in [9.17, 15) is 26.3 Å². The second kappa shape index (κ2) is 9.29. The van der Waals surface area contributed by atoms with Gasteiger partial charge in [-0.3, -0.25) is 0 Å². The molecule has 0 aliphatic rings. The molecule has 0 aliphatic heterocycles. The van der Waals surface area contributed by atoms with E-state index >= 15 is 0 Å². The van der Waals surface area contributed by atoms with E-state index in [1.807, 2.05) is 13.0 Å². The van der Waals surface area contributed by atoms with Crippen LogP contribution in [0.4, 0.5) is 26.3 Å².